The number of rotatable bonds is 7. The van der Waals surface area contributed by atoms with Crippen LogP contribution in [0, 0.1) is 28.1 Å². The zero-order chi connectivity index (χ0) is 22.0. The van der Waals surface area contributed by atoms with E-state index in [1.807, 2.05) is 13.0 Å². The lowest BCUT2D eigenvalue weighted by Gasteiger charge is -2.63. The highest BCUT2D eigenvalue weighted by Crippen LogP contribution is 2.56. The van der Waals surface area contributed by atoms with Gasteiger partial charge in [-0.1, -0.05) is 40.9 Å². The topological polar surface area (TPSA) is 95.4 Å². The third kappa shape index (κ3) is 4.65. The maximum atomic E-state index is 12.8. The van der Waals surface area contributed by atoms with E-state index in [0.717, 1.165) is 0 Å². The van der Waals surface area contributed by atoms with Gasteiger partial charge in [0.05, 0.1) is 24.8 Å². The number of carbonyl (C=O) groups excluding carboxylic acids is 1. The average Bonchev–Trinajstić information content (AvgIpc) is 2.67. The number of hydrogen-bond donors (Lipinski definition) is 3. The Labute approximate surface area is 174 Å². The van der Waals surface area contributed by atoms with Gasteiger partial charge in [0.25, 0.3) is 0 Å². The van der Waals surface area contributed by atoms with Crippen LogP contribution in [0.3, 0.4) is 0 Å². The summed E-state index contributed by atoms with van der Waals surface area (Å²) < 4.78 is 11.3. The monoisotopic (exact) mass is 402 g/mol. The van der Waals surface area contributed by atoms with E-state index in [2.05, 4.69) is 56.8 Å². The van der Waals surface area contributed by atoms with E-state index in [9.17, 15) is 4.79 Å². The molecule has 0 radical (unpaired) electrons. The van der Waals surface area contributed by atoms with E-state index in [1.165, 1.54) is 7.11 Å². The van der Waals surface area contributed by atoms with Crippen LogP contribution in [-0.2, 0) is 14.3 Å². The SMILES string of the molecule is C=C(/C=C(/OC)C(=C)C#N)OC1C(C)(C)C(NC(=O)C2CNC(C)NC2)C1(C)C. The number of methoxy groups -OCH3 is 1. The standard InChI is InChI=1S/C22H34N4O3/c1-13(10-23)17(28-8)9-14(2)29-20-21(4,5)19(22(20,6)7)26-18(27)16-11-24-15(3)25-12-16/h9,15-16,19-20,24-25H,1-2,11-12H2,3-8H3,(H,26,27)/b17-9+. The smallest absolute Gasteiger partial charge is 0.225 e. The minimum absolute atomic E-state index is 0.0420. The fraction of sp³-hybridized carbons (Fsp3) is 0.636. The molecule has 1 aliphatic carbocycles. The molecule has 0 atom stereocenters. The molecule has 1 amide bonds. The summed E-state index contributed by atoms with van der Waals surface area (Å²) in [6.45, 7) is 19.3. The number of allylic oxidation sites excluding steroid dienone is 2. The van der Waals surface area contributed by atoms with Crippen LogP contribution in [0.25, 0.3) is 0 Å². The second kappa shape index (κ2) is 8.60. The van der Waals surface area contributed by atoms with E-state index in [0.29, 0.717) is 24.6 Å². The molecular weight excluding hydrogens is 368 g/mol. The van der Waals surface area contributed by atoms with Crippen molar-refractivity contribution in [3.05, 3.63) is 36.3 Å². The van der Waals surface area contributed by atoms with Crippen LogP contribution in [0.15, 0.2) is 36.3 Å². The van der Waals surface area contributed by atoms with Gasteiger partial charge in [0.1, 0.15) is 23.7 Å². The number of nitrogens with one attached hydrogen (secondary N) is 3. The number of amides is 1. The second-order valence-corrected chi connectivity index (χ2v) is 9.09. The first-order valence-electron chi connectivity index (χ1n) is 9.92. The molecular formula is C22H34N4O3. The summed E-state index contributed by atoms with van der Waals surface area (Å²) in [6.07, 6.45) is 1.63. The highest BCUT2D eigenvalue weighted by Gasteiger charge is 2.64. The van der Waals surface area contributed by atoms with Gasteiger partial charge in [0.15, 0.2) is 0 Å². The van der Waals surface area contributed by atoms with Crippen LogP contribution in [0.4, 0.5) is 0 Å². The van der Waals surface area contributed by atoms with Crippen molar-refractivity contribution >= 4 is 5.91 Å². The molecule has 0 bridgehead atoms. The highest BCUT2D eigenvalue weighted by molar-refractivity contribution is 5.80. The molecule has 1 heterocycles. The summed E-state index contributed by atoms with van der Waals surface area (Å²) in [5.41, 5.74) is -0.380. The molecule has 2 rings (SSSR count). The molecule has 1 aliphatic heterocycles. The molecule has 1 saturated carbocycles. The number of ether oxygens (including phenoxy) is 2. The van der Waals surface area contributed by atoms with Crippen LogP contribution < -0.4 is 16.0 Å². The maximum Gasteiger partial charge on any atom is 0.225 e. The van der Waals surface area contributed by atoms with Crippen molar-refractivity contribution in [2.24, 2.45) is 16.7 Å². The first-order chi connectivity index (χ1) is 13.4. The van der Waals surface area contributed by atoms with E-state index in [-0.39, 0.29) is 46.5 Å². The van der Waals surface area contributed by atoms with Gasteiger partial charge in [0, 0.05) is 36.0 Å². The molecule has 29 heavy (non-hydrogen) atoms. The molecule has 7 heteroatoms. The molecule has 0 spiro atoms. The number of hydrogen-bond acceptors (Lipinski definition) is 6. The summed E-state index contributed by atoms with van der Waals surface area (Å²) in [7, 11) is 1.47. The molecule has 0 unspecified atom stereocenters. The summed E-state index contributed by atoms with van der Waals surface area (Å²) in [5.74, 6) is 0.664. The Bertz CT molecular complexity index is 724. The quantitative estimate of drug-likeness (QED) is 0.343. The largest absolute Gasteiger partial charge is 0.495 e. The minimum atomic E-state index is -0.293. The predicted molar refractivity (Wildman–Crippen MR) is 112 cm³/mol. The van der Waals surface area contributed by atoms with Crippen LogP contribution in [0.2, 0.25) is 0 Å². The number of carbonyl (C=O) groups is 1. The lowest BCUT2D eigenvalue weighted by Crippen LogP contribution is -2.74. The van der Waals surface area contributed by atoms with Gasteiger partial charge >= 0.3 is 0 Å². The zero-order valence-electron chi connectivity index (χ0n) is 18.4. The van der Waals surface area contributed by atoms with Crippen LogP contribution in [-0.4, -0.2) is 44.4 Å². The number of nitrogens with zero attached hydrogens (tertiary/aromatic N) is 1. The average molecular weight is 403 g/mol. The van der Waals surface area contributed by atoms with Crippen LogP contribution >= 0.6 is 0 Å². The van der Waals surface area contributed by atoms with Crippen molar-refractivity contribution in [3.63, 3.8) is 0 Å². The lowest BCUT2D eigenvalue weighted by atomic mass is 9.49. The Morgan fingerprint density at radius 2 is 1.76 bits per heavy atom. The Kier molecular flexibility index (Phi) is 6.82. The fourth-order valence-corrected chi connectivity index (χ4v) is 4.68. The van der Waals surface area contributed by atoms with Gasteiger partial charge in [-0.2, -0.15) is 5.26 Å². The molecule has 2 aliphatic rings. The Morgan fingerprint density at radius 1 is 1.21 bits per heavy atom. The third-order valence-electron chi connectivity index (χ3n) is 6.05. The van der Waals surface area contributed by atoms with Crippen molar-refractivity contribution < 1.29 is 14.3 Å². The van der Waals surface area contributed by atoms with Gasteiger partial charge < -0.3 is 25.4 Å². The van der Waals surface area contributed by atoms with Crippen molar-refractivity contribution in [2.45, 2.75) is 52.9 Å². The van der Waals surface area contributed by atoms with E-state index in [1.54, 1.807) is 6.08 Å². The van der Waals surface area contributed by atoms with E-state index in [4.69, 9.17) is 14.7 Å². The van der Waals surface area contributed by atoms with Gasteiger partial charge in [-0.15, -0.1) is 0 Å². The fourth-order valence-electron chi connectivity index (χ4n) is 4.68. The maximum absolute atomic E-state index is 12.8. The van der Waals surface area contributed by atoms with Crippen LogP contribution in [0.5, 0.6) is 0 Å². The molecule has 0 aromatic carbocycles. The summed E-state index contributed by atoms with van der Waals surface area (Å²) >= 11 is 0. The van der Waals surface area contributed by atoms with Gasteiger partial charge in [-0.25, -0.2) is 0 Å². The van der Waals surface area contributed by atoms with Crippen LogP contribution in [0.1, 0.15) is 34.6 Å². The Morgan fingerprint density at radius 3 is 2.24 bits per heavy atom. The Balaban J connectivity index is 2.05. The van der Waals surface area contributed by atoms with Crippen molar-refractivity contribution in [3.8, 4) is 6.07 Å². The molecule has 1 saturated heterocycles. The zero-order valence-corrected chi connectivity index (χ0v) is 18.4. The minimum Gasteiger partial charge on any atom is -0.495 e. The summed E-state index contributed by atoms with van der Waals surface area (Å²) in [4.78, 5) is 12.8. The molecule has 7 nitrogen and oxygen atoms in total. The second-order valence-electron chi connectivity index (χ2n) is 9.09. The molecule has 0 aromatic heterocycles. The van der Waals surface area contributed by atoms with Crippen molar-refractivity contribution in [1.82, 2.24) is 16.0 Å². The predicted octanol–water partition coefficient (Wildman–Crippen LogP) is 2.20. The highest BCUT2D eigenvalue weighted by atomic mass is 16.5. The molecule has 2 fully saturated rings. The molecule has 3 N–H and O–H groups in total. The van der Waals surface area contributed by atoms with Gasteiger partial charge in [-0.3, -0.25) is 4.79 Å². The molecule has 0 aromatic rings. The van der Waals surface area contributed by atoms with Crippen molar-refractivity contribution in [1.29, 1.82) is 5.26 Å². The van der Waals surface area contributed by atoms with E-state index < -0.39 is 0 Å². The normalized spacial score (nSPS) is 30.3. The lowest BCUT2D eigenvalue weighted by molar-refractivity contribution is -0.194. The van der Waals surface area contributed by atoms with E-state index >= 15 is 0 Å². The number of nitriles is 1. The first-order valence-corrected chi connectivity index (χ1v) is 9.92. The Hall–Kier alpha value is -2.30. The first kappa shape index (κ1) is 23.0. The summed E-state index contributed by atoms with van der Waals surface area (Å²) in [6, 6.07) is 1.91. The molecule has 160 valence electrons. The van der Waals surface area contributed by atoms with Gasteiger partial charge in [-0.05, 0) is 6.92 Å². The third-order valence-corrected chi connectivity index (χ3v) is 6.05. The van der Waals surface area contributed by atoms with Crippen molar-refractivity contribution in [2.75, 3.05) is 20.2 Å². The summed E-state index contributed by atoms with van der Waals surface area (Å²) in [5, 5.41) is 18.8. The van der Waals surface area contributed by atoms with Gasteiger partial charge in [0.2, 0.25) is 5.91 Å².